The number of benzene rings is 3. The van der Waals surface area contributed by atoms with Gasteiger partial charge < -0.3 is 19.3 Å². The van der Waals surface area contributed by atoms with E-state index in [4.69, 9.17) is 14.2 Å². The third-order valence-electron chi connectivity index (χ3n) is 4.51. The van der Waals surface area contributed by atoms with Gasteiger partial charge in [0.15, 0.2) is 0 Å². The van der Waals surface area contributed by atoms with Gasteiger partial charge in [0.05, 0.1) is 14.2 Å². The van der Waals surface area contributed by atoms with E-state index in [0.29, 0.717) is 5.75 Å². The molecule has 0 aliphatic carbocycles. The van der Waals surface area contributed by atoms with Crippen molar-refractivity contribution >= 4 is 5.97 Å². The predicted molar refractivity (Wildman–Crippen MR) is 107 cm³/mol. The molecule has 3 rings (SSSR count). The number of carboxylic acid groups (broad SMARTS) is 1. The minimum Gasteiger partial charge on any atom is -0.497 e. The van der Waals surface area contributed by atoms with E-state index in [1.807, 2.05) is 55.5 Å². The molecule has 3 aromatic carbocycles. The van der Waals surface area contributed by atoms with Gasteiger partial charge in [-0.1, -0.05) is 24.3 Å². The van der Waals surface area contributed by atoms with Crippen LogP contribution in [0.15, 0.2) is 60.7 Å². The summed E-state index contributed by atoms with van der Waals surface area (Å²) in [5.41, 5.74) is 3.82. The molecule has 0 aromatic heterocycles. The van der Waals surface area contributed by atoms with Crippen molar-refractivity contribution in [2.75, 3.05) is 14.2 Å². The second-order valence-corrected chi connectivity index (χ2v) is 6.33. The summed E-state index contributed by atoms with van der Waals surface area (Å²) >= 11 is 0. The van der Waals surface area contributed by atoms with Crippen LogP contribution < -0.4 is 14.2 Å². The van der Waals surface area contributed by atoms with Gasteiger partial charge in [-0.2, -0.15) is 0 Å². The number of rotatable bonds is 7. The zero-order chi connectivity index (χ0) is 20.1. The summed E-state index contributed by atoms with van der Waals surface area (Å²) in [6, 6.07) is 18.4. The maximum Gasteiger partial charge on any atom is 0.339 e. The Morgan fingerprint density at radius 2 is 1.57 bits per heavy atom. The largest absolute Gasteiger partial charge is 0.497 e. The molecule has 0 unspecified atom stereocenters. The molecule has 5 heteroatoms. The maximum atomic E-state index is 11.8. The molecule has 144 valence electrons. The van der Waals surface area contributed by atoms with Gasteiger partial charge in [-0.05, 0) is 65.6 Å². The number of ether oxygens (including phenoxy) is 3. The van der Waals surface area contributed by atoms with Crippen LogP contribution in [-0.4, -0.2) is 25.3 Å². The lowest BCUT2D eigenvalue weighted by Crippen LogP contribution is -2.04. The van der Waals surface area contributed by atoms with Gasteiger partial charge in [-0.15, -0.1) is 0 Å². The molecule has 0 amide bonds. The van der Waals surface area contributed by atoms with E-state index in [-0.39, 0.29) is 12.2 Å². The number of carboxylic acids is 1. The first-order valence-corrected chi connectivity index (χ1v) is 8.80. The van der Waals surface area contributed by atoms with E-state index >= 15 is 0 Å². The number of hydrogen-bond acceptors (Lipinski definition) is 4. The Morgan fingerprint density at radius 1 is 0.893 bits per heavy atom. The molecule has 0 fully saturated rings. The maximum absolute atomic E-state index is 11.8. The Kier molecular flexibility index (Phi) is 5.84. The van der Waals surface area contributed by atoms with Crippen molar-refractivity contribution in [3.63, 3.8) is 0 Å². The quantitative estimate of drug-likeness (QED) is 0.630. The lowest BCUT2D eigenvalue weighted by atomic mass is 9.98. The van der Waals surface area contributed by atoms with Crippen LogP contribution in [0.1, 0.15) is 21.5 Å². The number of aryl methyl sites for hydroxylation is 1. The zero-order valence-corrected chi connectivity index (χ0v) is 16.1. The van der Waals surface area contributed by atoms with Crippen molar-refractivity contribution in [2.45, 2.75) is 13.5 Å². The highest BCUT2D eigenvalue weighted by Gasteiger charge is 2.14. The Labute approximate surface area is 164 Å². The first kappa shape index (κ1) is 19.3. The van der Waals surface area contributed by atoms with E-state index < -0.39 is 5.97 Å². The molecule has 0 aliphatic rings. The van der Waals surface area contributed by atoms with Crippen molar-refractivity contribution in [2.24, 2.45) is 0 Å². The van der Waals surface area contributed by atoms with Crippen molar-refractivity contribution in [3.8, 4) is 28.4 Å². The van der Waals surface area contributed by atoms with Crippen LogP contribution in [-0.2, 0) is 6.61 Å². The third-order valence-corrected chi connectivity index (χ3v) is 4.51. The van der Waals surface area contributed by atoms with Crippen molar-refractivity contribution < 1.29 is 24.1 Å². The number of hydrogen-bond donors (Lipinski definition) is 1. The smallest absolute Gasteiger partial charge is 0.339 e. The van der Waals surface area contributed by atoms with Crippen LogP contribution in [0.3, 0.4) is 0 Å². The van der Waals surface area contributed by atoms with E-state index in [9.17, 15) is 9.90 Å². The van der Waals surface area contributed by atoms with Crippen molar-refractivity contribution in [1.29, 1.82) is 0 Å². The molecule has 0 bridgehead atoms. The van der Waals surface area contributed by atoms with Crippen LogP contribution in [0.5, 0.6) is 17.2 Å². The molecule has 3 aromatic rings. The lowest BCUT2D eigenvalue weighted by Gasteiger charge is -2.13. The topological polar surface area (TPSA) is 65.0 Å². The molecule has 1 N–H and O–H groups in total. The fourth-order valence-electron chi connectivity index (χ4n) is 2.96. The van der Waals surface area contributed by atoms with Gasteiger partial charge in [-0.25, -0.2) is 4.79 Å². The highest BCUT2D eigenvalue weighted by molar-refractivity contribution is 5.93. The van der Waals surface area contributed by atoms with Crippen LogP contribution in [0.2, 0.25) is 0 Å². The minimum atomic E-state index is -1.03. The normalized spacial score (nSPS) is 10.4. The van der Waals surface area contributed by atoms with Gasteiger partial charge in [0.2, 0.25) is 0 Å². The number of carbonyl (C=O) groups is 1. The second kappa shape index (κ2) is 8.48. The van der Waals surface area contributed by atoms with Gasteiger partial charge in [0, 0.05) is 0 Å². The summed E-state index contributed by atoms with van der Waals surface area (Å²) in [5, 5.41) is 9.64. The van der Waals surface area contributed by atoms with E-state index in [1.165, 1.54) is 0 Å². The van der Waals surface area contributed by atoms with Crippen LogP contribution in [0, 0.1) is 6.92 Å². The first-order chi connectivity index (χ1) is 13.5. The van der Waals surface area contributed by atoms with Crippen LogP contribution in [0.4, 0.5) is 0 Å². The molecule has 5 nitrogen and oxygen atoms in total. The summed E-state index contributed by atoms with van der Waals surface area (Å²) in [7, 11) is 3.22. The lowest BCUT2D eigenvalue weighted by molar-refractivity contribution is 0.0692. The summed E-state index contributed by atoms with van der Waals surface area (Å²) in [4.78, 5) is 11.8. The van der Waals surface area contributed by atoms with E-state index in [0.717, 1.165) is 33.8 Å². The molecule has 0 radical (unpaired) electrons. The summed E-state index contributed by atoms with van der Waals surface area (Å²) in [6.45, 7) is 2.23. The van der Waals surface area contributed by atoms with Gasteiger partial charge in [-0.3, -0.25) is 0 Å². The Hall–Kier alpha value is -3.47. The highest BCUT2D eigenvalue weighted by atomic mass is 16.5. The summed E-state index contributed by atoms with van der Waals surface area (Å²) < 4.78 is 16.1. The SMILES string of the molecule is COc1ccc(COc2ccc(-c3ccc(OC)cc3C)cc2C(=O)O)cc1. The Bertz CT molecular complexity index is 977. The van der Waals surface area contributed by atoms with Gasteiger partial charge in [0.25, 0.3) is 0 Å². The monoisotopic (exact) mass is 378 g/mol. The third kappa shape index (κ3) is 4.26. The molecular formula is C23H22O5. The predicted octanol–water partition coefficient (Wildman–Crippen LogP) is 4.96. The standard InChI is InChI=1S/C23H22O5/c1-15-12-19(27-3)9-10-20(15)17-6-11-22(21(13-17)23(24)25)28-14-16-4-7-18(26-2)8-5-16/h4-13H,14H2,1-3H3,(H,24,25). The summed E-state index contributed by atoms with van der Waals surface area (Å²) in [5.74, 6) is 0.823. The van der Waals surface area contributed by atoms with Crippen molar-refractivity contribution in [1.82, 2.24) is 0 Å². The fraction of sp³-hybridized carbons (Fsp3) is 0.174. The molecule has 0 aliphatic heterocycles. The molecule has 28 heavy (non-hydrogen) atoms. The molecule has 0 saturated heterocycles. The average Bonchev–Trinajstić information content (AvgIpc) is 2.72. The Balaban J connectivity index is 1.85. The van der Waals surface area contributed by atoms with E-state index in [2.05, 4.69) is 0 Å². The second-order valence-electron chi connectivity index (χ2n) is 6.33. The Morgan fingerprint density at radius 3 is 2.18 bits per heavy atom. The minimum absolute atomic E-state index is 0.126. The number of methoxy groups -OCH3 is 2. The average molecular weight is 378 g/mol. The van der Waals surface area contributed by atoms with E-state index in [1.54, 1.807) is 26.4 Å². The number of aromatic carboxylic acids is 1. The highest BCUT2D eigenvalue weighted by Crippen LogP contribution is 2.31. The zero-order valence-electron chi connectivity index (χ0n) is 16.1. The molecule has 0 saturated carbocycles. The van der Waals surface area contributed by atoms with Crippen molar-refractivity contribution in [3.05, 3.63) is 77.4 Å². The summed E-state index contributed by atoms with van der Waals surface area (Å²) in [6.07, 6.45) is 0. The molecule has 0 heterocycles. The molecular weight excluding hydrogens is 356 g/mol. The van der Waals surface area contributed by atoms with Gasteiger partial charge >= 0.3 is 5.97 Å². The molecule has 0 spiro atoms. The van der Waals surface area contributed by atoms with Gasteiger partial charge in [0.1, 0.15) is 29.4 Å². The fourth-order valence-corrected chi connectivity index (χ4v) is 2.96. The first-order valence-electron chi connectivity index (χ1n) is 8.80. The van der Waals surface area contributed by atoms with Crippen LogP contribution in [0.25, 0.3) is 11.1 Å². The van der Waals surface area contributed by atoms with Crippen LogP contribution >= 0.6 is 0 Å². The molecule has 0 atom stereocenters.